The van der Waals surface area contributed by atoms with Crippen LogP contribution in [0.2, 0.25) is 0 Å². The molecule has 51 heavy (non-hydrogen) atoms. The zero-order valence-corrected chi connectivity index (χ0v) is 36.6. The largest absolute Gasteiger partial charge is 0.147 e. The van der Waals surface area contributed by atoms with Gasteiger partial charge in [-0.1, -0.05) is 0 Å². The van der Waals surface area contributed by atoms with Gasteiger partial charge >= 0.3 is 300 Å². The molecule has 3 heteroatoms. The molecule has 0 nitrogen and oxygen atoms in total. The molecule has 0 amide bonds. The molecule has 0 N–H and O–H groups in total. The molecule has 6 rings (SSSR count). The van der Waals surface area contributed by atoms with Crippen LogP contribution < -0.4 is 9.81 Å². The van der Waals surface area contributed by atoms with E-state index in [1.165, 1.54) is 52.0 Å². The van der Waals surface area contributed by atoms with Crippen molar-refractivity contribution in [3.05, 3.63) is 146 Å². The molecule has 2 aliphatic rings. The molecule has 0 aromatic heterocycles. The van der Waals surface area contributed by atoms with Crippen LogP contribution in [0.3, 0.4) is 0 Å². The van der Waals surface area contributed by atoms with Gasteiger partial charge in [0.25, 0.3) is 0 Å². The maximum atomic E-state index is 5.85. The smallest absolute Gasteiger partial charge is 0.147 e. The first-order valence-electron chi connectivity index (χ1n) is 18.1. The molecule has 0 spiro atoms. The molecule has 268 valence electrons. The van der Waals surface area contributed by atoms with E-state index < -0.39 is 18.3 Å². The van der Waals surface area contributed by atoms with Gasteiger partial charge in [-0.3, -0.25) is 0 Å². The number of rotatable bonds is 6. The Morgan fingerprint density at radius 1 is 0.627 bits per heavy atom. The van der Waals surface area contributed by atoms with Crippen molar-refractivity contribution >= 4 is 51.0 Å². The number of benzene rings is 4. The van der Waals surface area contributed by atoms with Crippen LogP contribution in [-0.4, -0.2) is 4.21 Å². The third kappa shape index (κ3) is 6.67. The van der Waals surface area contributed by atoms with Gasteiger partial charge in [0.15, 0.2) is 0 Å². The Balaban J connectivity index is 0.00000292. The van der Waals surface area contributed by atoms with E-state index in [2.05, 4.69) is 173 Å². The number of hydrogen-bond donors (Lipinski definition) is 0. The fraction of sp³-hybridized carbons (Fsp3) is 0.312. The van der Waals surface area contributed by atoms with E-state index in [9.17, 15) is 0 Å². The molecule has 2 aliphatic carbocycles. The maximum Gasteiger partial charge on any atom is -0.147 e. The van der Waals surface area contributed by atoms with Gasteiger partial charge in [0.1, 0.15) is 0 Å². The number of hydrogen-bond acceptors (Lipinski definition) is 0. The SMILES string of the molecule is C=Cc1ccc2c(c1)-c1cc(C=C)c[c]([Zr](=[CH2])([C]3=CC(C(C)(C)C)=CC3C)([c]3ccc(C(C)(C)C)cc3)[c]3ccc(C(C)(C)C)cc3)c1C2.Cl.Cl. The minimum atomic E-state index is -5.07. The summed E-state index contributed by atoms with van der Waals surface area (Å²) in [4.78, 5) is 0. The molecule has 0 bridgehead atoms. The molecule has 0 saturated carbocycles. The third-order valence-corrected chi connectivity index (χ3v) is 28.2. The van der Waals surface area contributed by atoms with Gasteiger partial charge in [0.05, 0.1) is 0 Å². The minimum Gasteiger partial charge on any atom is -0.147 e. The summed E-state index contributed by atoms with van der Waals surface area (Å²) in [5.74, 6) is 0.251. The second-order valence-corrected chi connectivity index (χ2v) is 30.7. The zero-order chi connectivity index (χ0) is 35.8. The van der Waals surface area contributed by atoms with Crippen molar-refractivity contribution in [1.82, 2.24) is 0 Å². The first kappa shape index (κ1) is 40.9. The minimum absolute atomic E-state index is 0. The Morgan fingerprint density at radius 2 is 1.12 bits per heavy atom. The van der Waals surface area contributed by atoms with Crippen LogP contribution in [0.25, 0.3) is 23.3 Å². The topological polar surface area (TPSA) is 0 Å². The van der Waals surface area contributed by atoms with Crippen LogP contribution in [0.4, 0.5) is 0 Å². The van der Waals surface area contributed by atoms with Crippen LogP contribution in [0.5, 0.6) is 0 Å². The first-order valence-corrected chi connectivity index (χ1v) is 24.7. The first-order chi connectivity index (χ1) is 22.8. The molecule has 0 heterocycles. The summed E-state index contributed by atoms with van der Waals surface area (Å²) in [6.45, 7) is 31.7. The number of fused-ring (bicyclic) bond motifs is 3. The second kappa shape index (κ2) is 13.9. The molecular weight excluding hydrogens is 739 g/mol. The summed E-state index contributed by atoms with van der Waals surface area (Å²) in [5.41, 5.74) is 12.0. The molecule has 0 aliphatic heterocycles. The van der Waals surface area contributed by atoms with E-state index in [0.717, 1.165) is 17.5 Å². The summed E-state index contributed by atoms with van der Waals surface area (Å²) in [5, 5.41) is 0. The van der Waals surface area contributed by atoms with E-state index in [-0.39, 0.29) is 47.0 Å². The molecule has 4 aromatic carbocycles. The Kier molecular flexibility index (Phi) is 11.1. The normalized spacial score (nSPS) is 15.9. The Morgan fingerprint density at radius 3 is 1.55 bits per heavy atom. The standard InChI is InChI=1S/C17H13.C10H15.2C10H13.CH2.2ClH.Zr/c1-3-12-5-7-14-11-15-8-6-13(4-2)10-17(15)16(14)9-12;1-8-5-6-9(7-8)10(2,3)4;2*1-10(2,3)9-7-5-4-6-8-9;;;;/h3-7,9-10H,1-2,11H2;6-8H,1-4H3;2*5-8H,1-3H3;1H2;2*1H;. The second-order valence-electron chi connectivity index (χ2n) is 18.0. The third-order valence-electron chi connectivity index (χ3n) is 11.6. The summed E-state index contributed by atoms with van der Waals surface area (Å²) < 4.78 is 11.6. The monoisotopic (exact) mass is 794 g/mol. The van der Waals surface area contributed by atoms with E-state index in [1.807, 2.05) is 12.2 Å². The van der Waals surface area contributed by atoms with E-state index >= 15 is 0 Å². The van der Waals surface area contributed by atoms with Crippen molar-refractivity contribution in [3.63, 3.8) is 0 Å². The summed E-state index contributed by atoms with van der Waals surface area (Å²) in [6.07, 6.45) is 10.0. The molecule has 1 unspecified atom stereocenters. The van der Waals surface area contributed by atoms with Crippen LogP contribution in [-0.2, 0) is 35.5 Å². The summed E-state index contributed by atoms with van der Waals surface area (Å²) in [6, 6.07) is 31.1. The Labute approximate surface area is 322 Å². The fourth-order valence-electron chi connectivity index (χ4n) is 8.53. The van der Waals surface area contributed by atoms with Gasteiger partial charge in [0.2, 0.25) is 0 Å². The van der Waals surface area contributed by atoms with Crippen molar-refractivity contribution in [2.24, 2.45) is 11.3 Å². The van der Waals surface area contributed by atoms with Crippen molar-refractivity contribution < 1.29 is 18.3 Å². The number of allylic oxidation sites excluding steroid dienone is 4. The van der Waals surface area contributed by atoms with E-state index in [0.29, 0.717) is 0 Å². The van der Waals surface area contributed by atoms with Crippen LogP contribution in [0.15, 0.2) is 113 Å². The van der Waals surface area contributed by atoms with Crippen molar-refractivity contribution in [3.8, 4) is 11.1 Å². The maximum absolute atomic E-state index is 5.85. The predicted octanol–water partition coefficient (Wildman–Crippen LogP) is 11.9. The predicted molar refractivity (Wildman–Crippen MR) is 230 cm³/mol. The quantitative estimate of drug-likeness (QED) is 0.161. The zero-order valence-electron chi connectivity index (χ0n) is 32.5. The molecule has 0 saturated heterocycles. The van der Waals surface area contributed by atoms with Gasteiger partial charge in [-0.15, -0.1) is 24.8 Å². The van der Waals surface area contributed by atoms with Crippen LogP contribution in [0.1, 0.15) is 103 Å². The molecule has 0 radical (unpaired) electrons. The molecule has 1 atom stereocenters. The van der Waals surface area contributed by atoms with Gasteiger partial charge in [-0.2, -0.15) is 0 Å². The average Bonchev–Trinajstić information content (AvgIpc) is 3.64. The van der Waals surface area contributed by atoms with Crippen molar-refractivity contribution in [1.29, 1.82) is 0 Å². The van der Waals surface area contributed by atoms with Crippen LogP contribution in [0, 0.1) is 11.3 Å². The van der Waals surface area contributed by atoms with Gasteiger partial charge < -0.3 is 0 Å². The summed E-state index contributed by atoms with van der Waals surface area (Å²) in [7, 11) is 0. The van der Waals surface area contributed by atoms with Gasteiger partial charge in [0, 0.05) is 0 Å². The average molecular weight is 797 g/mol. The summed E-state index contributed by atoms with van der Waals surface area (Å²) >= 11 is -5.07. The molecule has 0 fully saturated rings. The van der Waals surface area contributed by atoms with Gasteiger partial charge in [-0.05, 0) is 0 Å². The van der Waals surface area contributed by atoms with E-state index in [1.54, 1.807) is 0 Å². The molecular formula is C48H58Cl2Zr. The number of halogens is 2. The Hall–Kier alpha value is -2.83. The van der Waals surface area contributed by atoms with Crippen molar-refractivity contribution in [2.45, 2.75) is 86.5 Å². The Bertz CT molecular complexity index is 2050. The van der Waals surface area contributed by atoms with Gasteiger partial charge in [-0.25, -0.2) is 0 Å². The van der Waals surface area contributed by atoms with Crippen LogP contribution >= 0.6 is 24.8 Å². The fourth-order valence-corrected chi connectivity index (χ4v) is 24.9. The van der Waals surface area contributed by atoms with E-state index in [4.69, 9.17) is 4.21 Å². The molecule has 4 aromatic rings. The van der Waals surface area contributed by atoms with Crippen molar-refractivity contribution in [2.75, 3.05) is 0 Å².